The molecule has 0 unspecified atom stereocenters. The first-order valence-corrected chi connectivity index (χ1v) is 9.02. The monoisotopic (exact) mass is 375 g/mol. The molecule has 0 saturated carbocycles. The van der Waals surface area contributed by atoms with Gasteiger partial charge in [0.25, 0.3) is 0 Å². The van der Waals surface area contributed by atoms with Gasteiger partial charge in [-0.05, 0) is 42.5 Å². The molecule has 0 spiro atoms. The van der Waals surface area contributed by atoms with Crippen LogP contribution in [0.1, 0.15) is 11.1 Å². The number of aryl methyl sites for hydroxylation is 3. The van der Waals surface area contributed by atoms with E-state index in [4.69, 9.17) is 4.42 Å². The van der Waals surface area contributed by atoms with Gasteiger partial charge < -0.3 is 4.42 Å². The van der Waals surface area contributed by atoms with Crippen LogP contribution in [0.2, 0.25) is 0 Å². The molecule has 5 rings (SSSR count). The maximum Gasteiger partial charge on any atom is 0.230 e. The average molecular weight is 375 g/mol. The lowest BCUT2D eigenvalue weighted by Crippen LogP contribution is -2.30. The van der Waals surface area contributed by atoms with Gasteiger partial charge in [0.15, 0.2) is 11.8 Å². The zero-order valence-electron chi connectivity index (χ0n) is 15.7. The number of rotatable bonds is 1. The first-order valence-electron chi connectivity index (χ1n) is 9.02. The molecule has 0 radical (unpaired) electrons. The number of pyridine rings is 2. The molecule has 5 aromatic rings. The predicted molar refractivity (Wildman–Crippen MR) is 105 cm³/mol. The quantitative estimate of drug-likeness (QED) is 0.285. The van der Waals surface area contributed by atoms with Crippen LogP contribution in [0.4, 0.5) is 8.78 Å². The molecule has 3 aromatic heterocycles. The summed E-state index contributed by atoms with van der Waals surface area (Å²) in [7, 11) is 1.93. The van der Waals surface area contributed by atoms with Crippen molar-refractivity contribution in [2.75, 3.05) is 0 Å². The van der Waals surface area contributed by atoms with Crippen molar-refractivity contribution in [3.05, 3.63) is 71.6 Å². The highest BCUT2D eigenvalue weighted by atomic mass is 19.1. The summed E-state index contributed by atoms with van der Waals surface area (Å²) in [5.41, 5.74) is 3.99. The minimum Gasteiger partial charge on any atom is -0.437 e. The lowest BCUT2D eigenvalue weighted by atomic mass is 9.98. The Kier molecular flexibility index (Phi) is 3.50. The van der Waals surface area contributed by atoms with E-state index < -0.39 is 11.8 Å². The van der Waals surface area contributed by atoms with Crippen molar-refractivity contribution in [2.24, 2.45) is 7.05 Å². The number of nitrogens with zero attached hydrogens (tertiary/aromatic N) is 2. The van der Waals surface area contributed by atoms with Crippen molar-refractivity contribution < 1.29 is 17.8 Å². The van der Waals surface area contributed by atoms with E-state index in [0.717, 1.165) is 22.4 Å². The minimum absolute atomic E-state index is 0.104. The number of furan rings is 1. The fourth-order valence-corrected chi connectivity index (χ4v) is 3.94. The summed E-state index contributed by atoms with van der Waals surface area (Å²) in [6.45, 7) is 3.85. The molecule has 2 aromatic carbocycles. The summed E-state index contributed by atoms with van der Waals surface area (Å²) in [4.78, 5) is 3.98. The van der Waals surface area contributed by atoms with Gasteiger partial charge in [0.05, 0.1) is 16.3 Å². The Hall–Kier alpha value is -3.34. The third-order valence-electron chi connectivity index (χ3n) is 5.27. The first-order chi connectivity index (χ1) is 13.5. The third kappa shape index (κ3) is 2.26. The van der Waals surface area contributed by atoms with Gasteiger partial charge in [-0.1, -0.05) is 18.2 Å². The van der Waals surface area contributed by atoms with Gasteiger partial charge in [-0.15, -0.1) is 0 Å². The third-order valence-corrected chi connectivity index (χ3v) is 5.27. The molecule has 3 nitrogen and oxygen atoms in total. The molecule has 0 aliphatic rings. The van der Waals surface area contributed by atoms with Crippen LogP contribution in [-0.2, 0) is 7.05 Å². The van der Waals surface area contributed by atoms with E-state index in [0.29, 0.717) is 27.1 Å². The summed E-state index contributed by atoms with van der Waals surface area (Å²) in [5.74, 6) is -1.02. The molecule has 0 aliphatic carbocycles. The van der Waals surface area contributed by atoms with Gasteiger partial charge in [0.2, 0.25) is 17.4 Å². The van der Waals surface area contributed by atoms with Crippen LogP contribution < -0.4 is 4.57 Å². The summed E-state index contributed by atoms with van der Waals surface area (Å²) in [5, 5.41) is 1.77. The molecule has 0 amide bonds. The van der Waals surface area contributed by atoms with E-state index in [1.807, 2.05) is 43.8 Å². The van der Waals surface area contributed by atoms with Crippen molar-refractivity contribution in [3.8, 4) is 11.3 Å². The van der Waals surface area contributed by atoms with E-state index in [-0.39, 0.29) is 5.71 Å². The fourth-order valence-electron chi connectivity index (χ4n) is 3.94. The van der Waals surface area contributed by atoms with Crippen LogP contribution in [0.3, 0.4) is 0 Å². The average Bonchev–Trinajstić information content (AvgIpc) is 3.04. The SMILES string of the molecule is Cc1cc[n+](C)c(-c2c(C)cc(F)c3c2oc2nc(F)c4ccccc4c23)c1. The largest absolute Gasteiger partial charge is 0.437 e. The molecule has 0 N–H and O–H groups in total. The minimum atomic E-state index is -0.623. The topological polar surface area (TPSA) is 29.9 Å². The highest BCUT2D eigenvalue weighted by Gasteiger charge is 2.25. The Morgan fingerprint density at radius 2 is 1.71 bits per heavy atom. The fraction of sp³-hybridized carbons (Fsp3) is 0.130. The summed E-state index contributed by atoms with van der Waals surface area (Å²) >= 11 is 0. The van der Waals surface area contributed by atoms with Gasteiger partial charge >= 0.3 is 0 Å². The normalized spacial score (nSPS) is 11.8. The molecule has 0 aliphatic heterocycles. The second-order valence-electron chi connectivity index (χ2n) is 7.19. The van der Waals surface area contributed by atoms with Gasteiger partial charge in [-0.25, -0.2) is 8.96 Å². The van der Waals surface area contributed by atoms with E-state index >= 15 is 4.39 Å². The summed E-state index contributed by atoms with van der Waals surface area (Å²) in [6, 6.07) is 12.5. The number of benzene rings is 2. The highest BCUT2D eigenvalue weighted by Crippen LogP contribution is 2.41. The van der Waals surface area contributed by atoms with E-state index in [9.17, 15) is 4.39 Å². The van der Waals surface area contributed by atoms with Crippen LogP contribution in [0.25, 0.3) is 44.1 Å². The molecular weight excluding hydrogens is 358 g/mol. The molecule has 5 heteroatoms. The van der Waals surface area contributed by atoms with E-state index in [2.05, 4.69) is 4.98 Å². The number of aromatic nitrogens is 2. The second kappa shape index (κ2) is 5.83. The molecule has 138 valence electrons. The second-order valence-corrected chi connectivity index (χ2v) is 7.19. The standard InChI is InChI=1S/C23H17F2N2O/c1-12-8-9-27(3)17(10-12)18-13(2)11-16(24)20-19-14-6-4-5-7-15(14)22(25)26-23(19)28-21(18)20/h4-11H,1-3H3/q+1. The number of fused-ring (bicyclic) bond motifs is 5. The summed E-state index contributed by atoms with van der Waals surface area (Å²) < 4.78 is 37.6. The van der Waals surface area contributed by atoms with Gasteiger partial charge in [-0.3, -0.25) is 0 Å². The number of hydrogen-bond acceptors (Lipinski definition) is 2. The molecule has 0 atom stereocenters. The maximum atomic E-state index is 15.1. The first kappa shape index (κ1) is 16.8. The maximum absolute atomic E-state index is 15.1. The van der Waals surface area contributed by atoms with Crippen molar-refractivity contribution in [1.82, 2.24) is 4.98 Å². The van der Waals surface area contributed by atoms with Gasteiger partial charge in [-0.2, -0.15) is 9.37 Å². The lowest BCUT2D eigenvalue weighted by molar-refractivity contribution is -0.660. The summed E-state index contributed by atoms with van der Waals surface area (Å²) in [6.07, 6.45) is 1.95. The Labute approximate surface area is 159 Å². The molecule has 3 heterocycles. The van der Waals surface area contributed by atoms with Gasteiger partial charge in [0.1, 0.15) is 12.9 Å². The molecule has 0 fully saturated rings. The smallest absolute Gasteiger partial charge is 0.230 e. The van der Waals surface area contributed by atoms with Crippen molar-refractivity contribution in [2.45, 2.75) is 13.8 Å². The molecular formula is C23H17F2N2O+. The zero-order chi connectivity index (χ0) is 19.6. The Morgan fingerprint density at radius 3 is 2.50 bits per heavy atom. The van der Waals surface area contributed by atoms with E-state index in [1.54, 1.807) is 24.3 Å². The van der Waals surface area contributed by atoms with Crippen LogP contribution in [0.5, 0.6) is 0 Å². The number of halogens is 2. The van der Waals surface area contributed by atoms with E-state index in [1.165, 1.54) is 6.07 Å². The Morgan fingerprint density at radius 1 is 0.964 bits per heavy atom. The number of hydrogen-bond donors (Lipinski definition) is 0. The van der Waals surface area contributed by atoms with Crippen LogP contribution in [-0.4, -0.2) is 4.98 Å². The predicted octanol–water partition coefficient (Wildman–Crippen LogP) is 5.52. The molecule has 28 heavy (non-hydrogen) atoms. The lowest BCUT2D eigenvalue weighted by Gasteiger charge is -2.07. The van der Waals surface area contributed by atoms with Crippen molar-refractivity contribution in [3.63, 3.8) is 0 Å². The zero-order valence-corrected chi connectivity index (χ0v) is 15.7. The van der Waals surface area contributed by atoms with Crippen LogP contribution in [0, 0.1) is 25.6 Å². The van der Waals surface area contributed by atoms with Gasteiger partial charge in [0, 0.05) is 17.5 Å². The Balaban J connectivity index is 2.03. The Bertz CT molecular complexity index is 1420. The van der Waals surface area contributed by atoms with Crippen LogP contribution in [0.15, 0.2) is 53.1 Å². The van der Waals surface area contributed by atoms with Crippen LogP contribution >= 0.6 is 0 Å². The van der Waals surface area contributed by atoms with Crippen molar-refractivity contribution in [1.29, 1.82) is 0 Å². The molecule has 0 bridgehead atoms. The molecule has 0 saturated heterocycles. The van der Waals surface area contributed by atoms with Crippen molar-refractivity contribution >= 4 is 32.8 Å². The highest BCUT2D eigenvalue weighted by molar-refractivity contribution is 6.19.